The van der Waals surface area contributed by atoms with Gasteiger partial charge >= 0.3 is 0 Å². The molecule has 0 saturated carbocycles. The Morgan fingerprint density at radius 2 is 2.32 bits per heavy atom. The molecule has 0 bridgehead atoms. The van der Waals surface area contributed by atoms with Crippen molar-refractivity contribution in [3.63, 3.8) is 0 Å². The summed E-state index contributed by atoms with van der Waals surface area (Å²) < 4.78 is 0. The van der Waals surface area contributed by atoms with E-state index in [1.807, 2.05) is 13.2 Å². The molecule has 5 nitrogen and oxygen atoms in total. The van der Waals surface area contributed by atoms with E-state index >= 15 is 0 Å². The Balaban J connectivity index is 1.66. The molecule has 0 aliphatic carbocycles. The van der Waals surface area contributed by atoms with Crippen molar-refractivity contribution in [1.82, 2.24) is 25.2 Å². The number of likely N-dealkylation sites (N-methyl/N-ethyl adjacent to an activating group) is 1. The summed E-state index contributed by atoms with van der Waals surface area (Å²) in [6.07, 6.45) is 8.33. The molecule has 1 aliphatic heterocycles. The summed E-state index contributed by atoms with van der Waals surface area (Å²) in [6.45, 7) is 3.26. The van der Waals surface area contributed by atoms with Crippen LogP contribution in [0.4, 0.5) is 0 Å². The van der Waals surface area contributed by atoms with E-state index in [1.54, 1.807) is 29.9 Å². The lowest BCUT2D eigenvalue weighted by Gasteiger charge is -2.13. The van der Waals surface area contributed by atoms with Crippen molar-refractivity contribution in [2.45, 2.75) is 19.0 Å². The zero-order valence-electron chi connectivity index (χ0n) is 10.9. The predicted octanol–water partition coefficient (Wildman–Crippen LogP) is 1.39. The van der Waals surface area contributed by atoms with Gasteiger partial charge in [0, 0.05) is 49.1 Å². The fourth-order valence-electron chi connectivity index (χ4n) is 2.34. The summed E-state index contributed by atoms with van der Waals surface area (Å²) in [7, 11) is 2.03. The third-order valence-electron chi connectivity index (χ3n) is 3.40. The first-order chi connectivity index (χ1) is 9.35. The van der Waals surface area contributed by atoms with Gasteiger partial charge in [-0.2, -0.15) is 0 Å². The normalized spacial score (nSPS) is 19.9. The standard InChI is InChI=1S/C13H17N5S/c1-14-10-2-5-18(8-10)9-11-6-17-13(19-11)12-7-15-3-4-16-12/h3-4,6-7,10,14H,2,5,8-9H2,1H3/t10-/m1/s1. The number of rotatable bonds is 4. The largest absolute Gasteiger partial charge is 0.316 e. The van der Waals surface area contributed by atoms with E-state index in [0.717, 1.165) is 30.3 Å². The van der Waals surface area contributed by atoms with Crippen molar-refractivity contribution in [3.8, 4) is 10.7 Å². The molecule has 3 heterocycles. The Morgan fingerprint density at radius 3 is 3.05 bits per heavy atom. The summed E-state index contributed by atoms with van der Waals surface area (Å²) in [5.74, 6) is 0. The smallest absolute Gasteiger partial charge is 0.143 e. The maximum absolute atomic E-state index is 4.44. The average Bonchev–Trinajstić information content (AvgIpc) is 3.09. The monoisotopic (exact) mass is 275 g/mol. The summed E-state index contributed by atoms with van der Waals surface area (Å²) in [4.78, 5) is 16.6. The molecule has 2 aromatic rings. The van der Waals surface area contributed by atoms with Crippen LogP contribution >= 0.6 is 11.3 Å². The molecule has 0 amide bonds. The molecular formula is C13H17N5S. The van der Waals surface area contributed by atoms with Gasteiger partial charge in [-0.25, -0.2) is 4.98 Å². The molecule has 0 aromatic carbocycles. The van der Waals surface area contributed by atoms with Crippen molar-refractivity contribution in [2.24, 2.45) is 0 Å². The van der Waals surface area contributed by atoms with Gasteiger partial charge in [0.2, 0.25) is 0 Å². The van der Waals surface area contributed by atoms with E-state index in [2.05, 4.69) is 25.2 Å². The van der Waals surface area contributed by atoms with Crippen LogP contribution in [0.15, 0.2) is 24.8 Å². The van der Waals surface area contributed by atoms with E-state index in [0.29, 0.717) is 6.04 Å². The number of thiazole rings is 1. The molecule has 6 heteroatoms. The van der Waals surface area contributed by atoms with E-state index in [-0.39, 0.29) is 0 Å². The minimum atomic E-state index is 0.632. The Kier molecular flexibility index (Phi) is 3.82. The van der Waals surface area contributed by atoms with Crippen molar-refractivity contribution in [2.75, 3.05) is 20.1 Å². The van der Waals surface area contributed by atoms with Gasteiger partial charge in [0.25, 0.3) is 0 Å². The van der Waals surface area contributed by atoms with Crippen LogP contribution in [0.2, 0.25) is 0 Å². The first kappa shape index (κ1) is 12.7. The lowest BCUT2D eigenvalue weighted by molar-refractivity contribution is 0.325. The second-order valence-electron chi connectivity index (χ2n) is 4.73. The SMILES string of the molecule is CN[C@@H]1CCN(Cc2cnc(-c3cnccn3)s2)C1. The van der Waals surface area contributed by atoms with E-state index in [1.165, 1.54) is 11.3 Å². The minimum absolute atomic E-state index is 0.632. The molecular weight excluding hydrogens is 258 g/mol. The van der Waals surface area contributed by atoms with Gasteiger partial charge in [-0.05, 0) is 13.5 Å². The topological polar surface area (TPSA) is 53.9 Å². The van der Waals surface area contributed by atoms with Gasteiger partial charge in [-0.1, -0.05) is 0 Å². The van der Waals surface area contributed by atoms with Crippen molar-refractivity contribution in [1.29, 1.82) is 0 Å². The van der Waals surface area contributed by atoms with Crippen molar-refractivity contribution in [3.05, 3.63) is 29.7 Å². The molecule has 1 N–H and O–H groups in total. The van der Waals surface area contributed by atoms with Gasteiger partial charge in [0.1, 0.15) is 10.7 Å². The molecule has 1 saturated heterocycles. The van der Waals surface area contributed by atoms with Crippen LogP contribution in [0.3, 0.4) is 0 Å². The predicted molar refractivity (Wildman–Crippen MR) is 75.9 cm³/mol. The summed E-state index contributed by atoms with van der Waals surface area (Å²) in [5.41, 5.74) is 0.855. The first-order valence-corrected chi connectivity index (χ1v) is 7.27. The van der Waals surface area contributed by atoms with Gasteiger partial charge in [0.15, 0.2) is 0 Å². The molecule has 0 unspecified atom stereocenters. The van der Waals surface area contributed by atoms with Crippen LogP contribution in [0.1, 0.15) is 11.3 Å². The zero-order chi connectivity index (χ0) is 13.1. The van der Waals surface area contributed by atoms with E-state index in [4.69, 9.17) is 0 Å². The highest BCUT2D eigenvalue weighted by Crippen LogP contribution is 2.24. The molecule has 19 heavy (non-hydrogen) atoms. The van der Waals surface area contributed by atoms with Gasteiger partial charge < -0.3 is 5.32 Å². The van der Waals surface area contributed by atoms with Crippen LogP contribution in [0, 0.1) is 0 Å². The fourth-order valence-corrected chi connectivity index (χ4v) is 3.26. The number of aromatic nitrogens is 3. The molecule has 0 spiro atoms. The van der Waals surface area contributed by atoms with Gasteiger partial charge in [-0.3, -0.25) is 14.9 Å². The Labute approximate surface area is 116 Å². The third kappa shape index (κ3) is 2.97. The van der Waals surface area contributed by atoms with E-state index < -0.39 is 0 Å². The molecule has 3 rings (SSSR count). The van der Waals surface area contributed by atoms with Crippen molar-refractivity contribution >= 4 is 11.3 Å². The lowest BCUT2D eigenvalue weighted by Crippen LogP contribution is -2.29. The quantitative estimate of drug-likeness (QED) is 0.914. The fraction of sp³-hybridized carbons (Fsp3) is 0.462. The Bertz CT molecular complexity index is 527. The average molecular weight is 275 g/mol. The maximum Gasteiger partial charge on any atom is 0.143 e. The van der Waals surface area contributed by atoms with Gasteiger partial charge in [0.05, 0.1) is 6.20 Å². The molecule has 0 radical (unpaired) electrons. The van der Waals surface area contributed by atoms with Crippen LogP contribution in [0.25, 0.3) is 10.7 Å². The number of nitrogens with zero attached hydrogens (tertiary/aromatic N) is 4. The molecule has 2 aromatic heterocycles. The maximum atomic E-state index is 4.44. The highest BCUT2D eigenvalue weighted by Gasteiger charge is 2.21. The Hall–Kier alpha value is -1.37. The molecule has 100 valence electrons. The molecule has 1 fully saturated rings. The van der Waals surface area contributed by atoms with Crippen LogP contribution < -0.4 is 5.32 Å². The highest BCUT2D eigenvalue weighted by atomic mass is 32.1. The second kappa shape index (κ2) is 5.73. The number of likely N-dealkylation sites (tertiary alicyclic amines) is 1. The molecule has 1 atom stereocenters. The second-order valence-corrected chi connectivity index (χ2v) is 5.85. The summed E-state index contributed by atoms with van der Waals surface area (Å²) in [5, 5.41) is 4.29. The summed E-state index contributed by atoms with van der Waals surface area (Å²) >= 11 is 1.71. The zero-order valence-corrected chi connectivity index (χ0v) is 11.7. The minimum Gasteiger partial charge on any atom is -0.316 e. The number of nitrogens with one attached hydrogen (secondary N) is 1. The lowest BCUT2D eigenvalue weighted by atomic mass is 10.3. The van der Waals surface area contributed by atoms with Crippen molar-refractivity contribution < 1.29 is 0 Å². The van der Waals surface area contributed by atoms with Crippen LogP contribution in [0.5, 0.6) is 0 Å². The highest BCUT2D eigenvalue weighted by molar-refractivity contribution is 7.14. The Morgan fingerprint density at radius 1 is 1.37 bits per heavy atom. The third-order valence-corrected chi connectivity index (χ3v) is 4.40. The summed E-state index contributed by atoms with van der Waals surface area (Å²) in [6, 6.07) is 0.632. The molecule has 1 aliphatic rings. The van der Waals surface area contributed by atoms with Gasteiger partial charge in [-0.15, -0.1) is 11.3 Å². The van der Waals surface area contributed by atoms with Crippen LogP contribution in [-0.4, -0.2) is 46.0 Å². The number of hydrogen-bond acceptors (Lipinski definition) is 6. The number of hydrogen-bond donors (Lipinski definition) is 1. The first-order valence-electron chi connectivity index (χ1n) is 6.46. The van der Waals surface area contributed by atoms with Crippen LogP contribution in [-0.2, 0) is 6.54 Å². The van der Waals surface area contributed by atoms with E-state index in [9.17, 15) is 0 Å².